The van der Waals surface area contributed by atoms with Crippen molar-refractivity contribution in [1.82, 2.24) is 5.32 Å². The highest BCUT2D eigenvalue weighted by Gasteiger charge is 2.31. The van der Waals surface area contributed by atoms with Gasteiger partial charge < -0.3 is 15.8 Å². The summed E-state index contributed by atoms with van der Waals surface area (Å²) in [5.74, 6) is -0.535. The summed E-state index contributed by atoms with van der Waals surface area (Å²) in [7, 11) is 1.78. The van der Waals surface area contributed by atoms with E-state index < -0.39 is 11.9 Å². The zero-order chi connectivity index (χ0) is 12.4. The Labute approximate surface area is 98.3 Å². The number of nitrogens with one attached hydrogen (secondary N) is 1. The number of rotatable bonds is 3. The molecule has 1 aliphatic heterocycles. The van der Waals surface area contributed by atoms with Crippen molar-refractivity contribution >= 4 is 17.5 Å². The summed E-state index contributed by atoms with van der Waals surface area (Å²) in [5.41, 5.74) is 5.90. The molecule has 0 radical (unpaired) electrons. The zero-order valence-corrected chi connectivity index (χ0v) is 9.44. The number of benzene rings is 1. The van der Waals surface area contributed by atoms with Gasteiger partial charge in [-0.25, -0.2) is 9.18 Å². The maximum atomic E-state index is 13.3. The zero-order valence-electron chi connectivity index (χ0n) is 9.44. The molecule has 1 amide bonds. The average Bonchev–Trinajstić information content (AvgIpc) is 2.64. The van der Waals surface area contributed by atoms with Crippen molar-refractivity contribution < 1.29 is 13.9 Å². The summed E-state index contributed by atoms with van der Waals surface area (Å²) < 4.78 is 18.4. The van der Waals surface area contributed by atoms with Gasteiger partial charge in [-0.2, -0.15) is 0 Å². The molecular weight excluding hydrogens is 225 g/mol. The van der Waals surface area contributed by atoms with E-state index in [1.54, 1.807) is 13.1 Å². The molecule has 0 aliphatic carbocycles. The fourth-order valence-corrected chi connectivity index (χ4v) is 1.75. The molecule has 0 saturated carbocycles. The van der Waals surface area contributed by atoms with E-state index in [0.29, 0.717) is 18.8 Å². The highest BCUT2D eigenvalue weighted by molar-refractivity contribution is 5.90. The molecule has 2 rings (SSSR count). The van der Waals surface area contributed by atoms with Gasteiger partial charge in [0.05, 0.1) is 17.9 Å². The average molecular weight is 239 g/mol. The van der Waals surface area contributed by atoms with Crippen molar-refractivity contribution in [2.45, 2.75) is 6.10 Å². The second-order valence-electron chi connectivity index (χ2n) is 3.88. The summed E-state index contributed by atoms with van der Waals surface area (Å²) in [4.78, 5) is 13.0. The summed E-state index contributed by atoms with van der Waals surface area (Å²) in [6, 6.07) is 4.27. The number of nitrogens with two attached hydrogens (primary N) is 1. The molecule has 1 fully saturated rings. The fourth-order valence-electron chi connectivity index (χ4n) is 1.75. The third-order valence-electron chi connectivity index (χ3n) is 2.60. The molecule has 0 spiro atoms. The second-order valence-corrected chi connectivity index (χ2v) is 3.88. The lowest BCUT2D eigenvalue weighted by atomic mass is 10.2. The Morgan fingerprint density at radius 2 is 2.41 bits per heavy atom. The van der Waals surface area contributed by atoms with E-state index in [9.17, 15) is 9.18 Å². The third kappa shape index (κ3) is 2.31. The van der Waals surface area contributed by atoms with Crippen molar-refractivity contribution in [3.8, 4) is 0 Å². The molecule has 1 aliphatic rings. The number of cyclic esters (lactones) is 1. The minimum absolute atomic E-state index is 0.0630. The molecule has 17 heavy (non-hydrogen) atoms. The Kier molecular flexibility index (Phi) is 3.14. The van der Waals surface area contributed by atoms with Crippen molar-refractivity contribution in [1.29, 1.82) is 0 Å². The van der Waals surface area contributed by atoms with Gasteiger partial charge in [0.2, 0.25) is 0 Å². The Bertz CT molecular complexity index is 439. The van der Waals surface area contributed by atoms with Crippen LogP contribution in [-0.4, -0.2) is 32.3 Å². The maximum absolute atomic E-state index is 13.3. The number of hydrogen-bond donors (Lipinski definition) is 2. The van der Waals surface area contributed by atoms with Gasteiger partial charge in [0.15, 0.2) is 0 Å². The molecule has 0 aromatic heterocycles. The summed E-state index contributed by atoms with van der Waals surface area (Å²) in [6.07, 6.45) is -0.678. The van der Waals surface area contributed by atoms with Crippen LogP contribution in [-0.2, 0) is 4.74 Å². The van der Waals surface area contributed by atoms with Crippen molar-refractivity contribution in [2.24, 2.45) is 0 Å². The first-order valence-electron chi connectivity index (χ1n) is 5.29. The first-order valence-corrected chi connectivity index (χ1v) is 5.29. The smallest absolute Gasteiger partial charge is 0.414 e. The largest absolute Gasteiger partial charge is 0.443 e. The molecule has 1 unspecified atom stereocenters. The molecule has 5 nitrogen and oxygen atoms in total. The van der Waals surface area contributed by atoms with Gasteiger partial charge in [0.1, 0.15) is 11.9 Å². The first kappa shape index (κ1) is 11.7. The molecule has 1 saturated heterocycles. The second kappa shape index (κ2) is 4.58. The molecule has 92 valence electrons. The molecule has 3 N–H and O–H groups in total. The van der Waals surface area contributed by atoms with Crippen LogP contribution in [0.15, 0.2) is 18.2 Å². The van der Waals surface area contributed by atoms with Crippen LogP contribution in [0.25, 0.3) is 0 Å². The highest BCUT2D eigenvalue weighted by atomic mass is 19.1. The Morgan fingerprint density at radius 3 is 3.06 bits per heavy atom. The van der Waals surface area contributed by atoms with Crippen LogP contribution >= 0.6 is 0 Å². The van der Waals surface area contributed by atoms with Crippen LogP contribution in [0.1, 0.15) is 0 Å². The van der Waals surface area contributed by atoms with Crippen LogP contribution in [0.4, 0.5) is 20.6 Å². The van der Waals surface area contributed by atoms with Crippen LogP contribution in [0.5, 0.6) is 0 Å². The first-order chi connectivity index (χ1) is 8.11. The predicted molar refractivity (Wildman–Crippen MR) is 62.4 cm³/mol. The minimum atomic E-state index is -0.535. The number of ether oxygens (including phenoxy) is 1. The number of anilines is 2. The van der Waals surface area contributed by atoms with E-state index in [1.165, 1.54) is 17.0 Å². The summed E-state index contributed by atoms with van der Waals surface area (Å²) in [6.45, 7) is 0.975. The maximum Gasteiger partial charge on any atom is 0.414 e. The minimum Gasteiger partial charge on any atom is -0.443 e. The van der Waals surface area contributed by atoms with Gasteiger partial charge in [0.25, 0.3) is 0 Å². The van der Waals surface area contributed by atoms with Gasteiger partial charge in [-0.15, -0.1) is 0 Å². The quantitative estimate of drug-likeness (QED) is 0.771. The van der Waals surface area contributed by atoms with Gasteiger partial charge in [0, 0.05) is 6.54 Å². The van der Waals surface area contributed by atoms with Gasteiger partial charge in [-0.1, -0.05) is 0 Å². The lowest BCUT2D eigenvalue weighted by Crippen LogP contribution is -2.29. The van der Waals surface area contributed by atoms with Gasteiger partial charge >= 0.3 is 6.09 Å². The predicted octanol–water partition coefficient (Wildman–Crippen LogP) is 0.952. The van der Waals surface area contributed by atoms with E-state index in [0.717, 1.165) is 0 Å². The monoisotopic (exact) mass is 239 g/mol. The molecule has 1 aromatic carbocycles. The van der Waals surface area contributed by atoms with Crippen LogP contribution < -0.4 is 16.0 Å². The van der Waals surface area contributed by atoms with Crippen molar-refractivity contribution in [3.63, 3.8) is 0 Å². The number of amides is 1. The van der Waals surface area contributed by atoms with Crippen LogP contribution in [0, 0.1) is 5.82 Å². The fraction of sp³-hybridized carbons (Fsp3) is 0.364. The van der Waals surface area contributed by atoms with E-state index in [4.69, 9.17) is 10.5 Å². The summed E-state index contributed by atoms with van der Waals surface area (Å²) in [5, 5.41) is 2.92. The molecule has 1 aromatic rings. The van der Waals surface area contributed by atoms with Crippen LogP contribution in [0.2, 0.25) is 0 Å². The molecule has 6 heteroatoms. The topological polar surface area (TPSA) is 67.6 Å². The molecular formula is C11H14FN3O2. The van der Waals surface area contributed by atoms with Crippen molar-refractivity contribution in [3.05, 3.63) is 24.0 Å². The molecule has 1 heterocycles. The standard InChI is InChI=1S/C11H14FN3O2/c1-14-5-8-6-15(11(16)17-8)7-2-3-10(13)9(12)4-7/h2-4,8,14H,5-6,13H2,1H3. The van der Waals surface area contributed by atoms with E-state index in [1.807, 2.05) is 0 Å². The number of carbonyl (C=O) groups is 1. The number of nitrogen functional groups attached to an aromatic ring is 1. The Morgan fingerprint density at radius 1 is 1.65 bits per heavy atom. The number of likely N-dealkylation sites (N-methyl/N-ethyl adjacent to an activating group) is 1. The van der Waals surface area contributed by atoms with Crippen molar-refractivity contribution in [2.75, 3.05) is 30.8 Å². The van der Waals surface area contributed by atoms with E-state index >= 15 is 0 Å². The summed E-state index contributed by atoms with van der Waals surface area (Å²) >= 11 is 0. The van der Waals surface area contributed by atoms with Crippen LogP contribution in [0.3, 0.4) is 0 Å². The third-order valence-corrected chi connectivity index (χ3v) is 2.60. The number of halogens is 1. The van der Waals surface area contributed by atoms with Gasteiger partial charge in [-0.05, 0) is 25.2 Å². The number of nitrogens with zero attached hydrogens (tertiary/aromatic N) is 1. The van der Waals surface area contributed by atoms with E-state index in [-0.39, 0.29) is 11.8 Å². The highest BCUT2D eigenvalue weighted by Crippen LogP contribution is 2.24. The lowest BCUT2D eigenvalue weighted by molar-refractivity contribution is 0.141. The normalized spacial score (nSPS) is 19.5. The van der Waals surface area contributed by atoms with E-state index in [2.05, 4.69) is 5.32 Å². The number of carbonyl (C=O) groups excluding carboxylic acids is 1. The van der Waals surface area contributed by atoms with Gasteiger partial charge in [-0.3, -0.25) is 4.90 Å². The SMILES string of the molecule is CNCC1CN(c2ccc(N)c(F)c2)C(=O)O1. The Balaban J connectivity index is 2.17. The lowest BCUT2D eigenvalue weighted by Gasteiger charge is -2.13. The number of hydrogen-bond acceptors (Lipinski definition) is 4. The Hall–Kier alpha value is -1.82. The molecule has 0 bridgehead atoms. The molecule has 1 atom stereocenters.